The van der Waals surface area contributed by atoms with Gasteiger partial charge in [0.15, 0.2) is 11.5 Å². The molecule has 1 aromatic carbocycles. The van der Waals surface area contributed by atoms with Gasteiger partial charge in [0.05, 0.1) is 14.2 Å². The quantitative estimate of drug-likeness (QED) is 0.589. The minimum absolute atomic E-state index is 0.0448. The lowest BCUT2D eigenvalue weighted by atomic mass is 10.1. The molecule has 0 heterocycles. The average Bonchev–Trinajstić information content (AvgIpc) is 2.37. The maximum atomic E-state index is 11.0. The summed E-state index contributed by atoms with van der Waals surface area (Å²) in [4.78, 5) is 21.4. The van der Waals surface area contributed by atoms with Crippen molar-refractivity contribution in [3.05, 3.63) is 29.8 Å². The van der Waals surface area contributed by atoms with Gasteiger partial charge in [-0.2, -0.15) is 0 Å². The highest BCUT2D eigenvalue weighted by atomic mass is 16.5. The van der Waals surface area contributed by atoms with Gasteiger partial charge >= 0.3 is 5.97 Å². The Morgan fingerprint density at radius 3 is 2.33 bits per heavy atom. The molecule has 0 bridgehead atoms. The average molecular weight is 251 g/mol. The number of carbonyl (C=O) groups excluding carboxylic acids is 1. The third kappa shape index (κ3) is 3.00. The van der Waals surface area contributed by atoms with E-state index in [2.05, 4.69) is 0 Å². The highest BCUT2D eigenvalue weighted by Crippen LogP contribution is 2.29. The number of hydrogen-bond donors (Lipinski definition) is 2. The molecule has 0 unspecified atom stereocenters. The summed E-state index contributed by atoms with van der Waals surface area (Å²) < 4.78 is 10.1. The SMILES string of the molecule is COc1ccc(C(N)=CC(=O)C(=O)O)cc1OC. The third-order valence-corrected chi connectivity index (χ3v) is 2.21. The molecule has 0 aliphatic rings. The van der Waals surface area contributed by atoms with Gasteiger partial charge in [-0.15, -0.1) is 0 Å². The number of ether oxygens (including phenoxy) is 2. The van der Waals surface area contributed by atoms with Gasteiger partial charge in [0, 0.05) is 17.3 Å². The van der Waals surface area contributed by atoms with Crippen molar-refractivity contribution in [1.82, 2.24) is 0 Å². The Kier molecular flexibility index (Phi) is 4.31. The lowest BCUT2D eigenvalue weighted by Crippen LogP contribution is -2.11. The number of nitrogens with two attached hydrogens (primary N) is 1. The summed E-state index contributed by atoms with van der Waals surface area (Å²) in [6.45, 7) is 0. The third-order valence-electron chi connectivity index (χ3n) is 2.21. The van der Waals surface area contributed by atoms with Crippen molar-refractivity contribution in [1.29, 1.82) is 0 Å². The fourth-order valence-corrected chi connectivity index (χ4v) is 1.30. The molecular weight excluding hydrogens is 238 g/mol. The van der Waals surface area contributed by atoms with Crippen LogP contribution in [0, 0.1) is 0 Å². The van der Waals surface area contributed by atoms with E-state index in [0.717, 1.165) is 6.08 Å². The molecule has 0 saturated heterocycles. The van der Waals surface area contributed by atoms with E-state index in [0.29, 0.717) is 17.1 Å². The van der Waals surface area contributed by atoms with Crippen LogP contribution in [0.15, 0.2) is 24.3 Å². The first-order valence-electron chi connectivity index (χ1n) is 4.96. The predicted octanol–water partition coefficient (Wildman–Crippen LogP) is 0.657. The van der Waals surface area contributed by atoms with Gasteiger partial charge in [-0.05, 0) is 18.2 Å². The molecule has 1 rings (SSSR count). The number of rotatable bonds is 5. The molecule has 0 radical (unpaired) electrons. The van der Waals surface area contributed by atoms with Gasteiger partial charge in [0.1, 0.15) is 0 Å². The second-order valence-electron chi connectivity index (χ2n) is 3.34. The van der Waals surface area contributed by atoms with Crippen LogP contribution in [-0.4, -0.2) is 31.1 Å². The van der Waals surface area contributed by atoms with Crippen molar-refractivity contribution in [2.75, 3.05) is 14.2 Å². The van der Waals surface area contributed by atoms with Gasteiger partial charge in [-0.25, -0.2) is 4.79 Å². The van der Waals surface area contributed by atoms with Crippen LogP contribution in [0.5, 0.6) is 11.5 Å². The Labute approximate surface area is 104 Å². The molecule has 0 aliphatic carbocycles. The monoisotopic (exact) mass is 251 g/mol. The minimum atomic E-state index is -1.56. The van der Waals surface area contributed by atoms with Gasteiger partial charge in [-0.1, -0.05) is 0 Å². The molecule has 0 aromatic heterocycles. The summed E-state index contributed by atoms with van der Waals surface area (Å²) >= 11 is 0. The van der Waals surface area contributed by atoms with E-state index < -0.39 is 11.8 Å². The zero-order valence-corrected chi connectivity index (χ0v) is 9.97. The summed E-state index contributed by atoms with van der Waals surface area (Å²) in [6.07, 6.45) is 0.851. The number of hydrogen-bond acceptors (Lipinski definition) is 5. The first-order valence-corrected chi connectivity index (χ1v) is 4.96. The number of carboxylic acids is 1. The number of carbonyl (C=O) groups is 2. The summed E-state index contributed by atoms with van der Waals surface area (Å²) in [6, 6.07) is 4.77. The highest BCUT2D eigenvalue weighted by Gasteiger charge is 2.11. The Hall–Kier alpha value is -2.50. The molecule has 0 spiro atoms. The summed E-state index contributed by atoms with van der Waals surface area (Å²) in [5.74, 6) is -1.69. The maximum absolute atomic E-state index is 11.0. The fraction of sp³-hybridized carbons (Fsp3) is 0.167. The van der Waals surface area contributed by atoms with Crippen LogP contribution in [0.3, 0.4) is 0 Å². The predicted molar refractivity (Wildman–Crippen MR) is 64.4 cm³/mol. The standard InChI is InChI=1S/C12H13NO5/c1-17-10-4-3-7(5-11(10)18-2)8(13)6-9(14)12(15)16/h3-6H,13H2,1-2H3,(H,15,16). The normalized spacial score (nSPS) is 10.9. The molecule has 3 N–H and O–H groups in total. The molecule has 0 saturated carbocycles. The first-order chi connectivity index (χ1) is 8.49. The van der Waals surface area contributed by atoms with Crippen molar-refractivity contribution >= 4 is 17.4 Å². The molecule has 0 amide bonds. The highest BCUT2D eigenvalue weighted by molar-refractivity contribution is 6.38. The van der Waals surface area contributed by atoms with Crippen LogP contribution in [0.25, 0.3) is 5.70 Å². The Morgan fingerprint density at radius 1 is 1.22 bits per heavy atom. The lowest BCUT2D eigenvalue weighted by Gasteiger charge is -2.09. The van der Waals surface area contributed by atoms with Gasteiger partial charge in [0.2, 0.25) is 0 Å². The largest absolute Gasteiger partial charge is 0.493 e. The van der Waals surface area contributed by atoms with Gasteiger partial charge in [-0.3, -0.25) is 4.79 Å². The summed E-state index contributed by atoms with van der Waals surface area (Å²) in [5, 5.41) is 8.47. The fourth-order valence-electron chi connectivity index (χ4n) is 1.30. The zero-order chi connectivity index (χ0) is 13.7. The van der Waals surface area contributed by atoms with Crippen molar-refractivity contribution < 1.29 is 24.2 Å². The topological polar surface area (TPSA) is 98.9 Å². The van der Waals surface area contributed by atoms with E-state index in [4.69, 9.17) is 20.3 Å². The first kappa shape index (κ1) is 13.6. The number of benzene rings is 1. The van der Waals surface area contributed by atoms with Crippen LogP contribution in [0.2, 0.25) is 0 Å². The van der Waals surface area contributed by atoms with Crippen molar-refractivity contribution in [2.45, 2.75) is 0 Å². The van der Waals surface area contributed by atoms with Crippen molar-refractivity contribution in [2.24, 2.45) is 5.73 Å². The van der Waals surface area contributed by atoms with Crippen LogP contribution in [-0.2, 0) is 9.59 Å². The van der Waals surface area contributed by atoms with Crippen LogP contribution in [0.4, 0.5) is 0 Å². The van der Waals surface area contributed by atoms with E-state index in [-0.39, 0.29) is 5.70 Å². The number of methoxy groups -OCH3 is 2. The van der Waals surface area contributed by atoms with E-state index in [1.54, 1.807) is 18.2 Å². The van der Waals surface area contributed by atoms with Crippen molar-refractivity contribution in [3.63, 3.8) is 0 Å². The second-order valence-corrected chi connectivity index (χ2v) is 3.34. The van der Waals surface area contributed by atoms with E-state index in [1.807, 2.05) is 0 Å². The van der Waals surface area contributed by atoms with Crippen molar-refractivity contribution in [3.8, 4) is 11.5 Å². The molecule has 0 aliphatic heterocycles. The minimum Gasteiger partial charge on any atom is -0.493 e. The lowest BCUT2D eigenvalue weighted by molar-refractivity contribution is -0.146. The van der Waals surface area contributed by atoms with Gasteiger partial charge in [0.25, 0.3) is 5.78 Å². The van der Waals surface area contributed by atoms with E-state index in [9.17, 15) is 9.59 Å². The summed E-state index contributed by atoms with van der Waals surface area (Å²) in [5.41, 5.74) is 6.15. The van der Waals surface area contributed by atoms with E-state index >= 15 is 0 Å². The molecule has 0 atom stereocenters. The maximum Gasteiger partial charge on any atom is 0.376 e. The zero-order valence-electron chi connectivity index (χ0n) is 9.97. The van der Waals surface area contributed by atoms with Gasteiger partial charge < -0.3 is 20.3 Å². The molecule has 6 heteroatoms. The molecule has 0 fully saturated rings. The van der Waals surface area contributed by atoms with E-state index in [1.165, 1.54) is 14.2 Å². The summed E-state index contributed by atoms with van der Waals surface area (Å²) in [7, 11) is 2.95. The smallest absolute Gasteiger partial charge is 0.376 e. The van der Waals surface area contributed by atoms with Crippen LogP contribution in [0.1, 0.15) is 5.56 Å². The second kappa shape index (κ2) is 5.72. The molecule has 1 aromatic rings. The Morgan fingerprint density at radius 2 is 1.83 bits per heavy atom. The number of carboxylic acid groups (broad SMARTS) is 1. The number of aliphatic carboxylic acids is 1. The molecule has 6 nitrogen and oxygen atoms in total. The van der Waals surface area contributed by atoms with Crippen LogP contribution >= 0.6 is 0 Å². The Bertz CT molecular complexity index is 507. The van der Waals surface area contributed by atoms with Crippen LogP contribution < -0.4 is 15.2 Å². The number of ketones is 1. The molecule has 96 valence electrons. The molecular formula is C12H13NO5. The Balaban J connectivity index is 3.11. The molecule has 18 heavy (non-hydrogen) atoms.